The van der Waals surface area contributed by atoms with Crippen molar-refractivity contribution in [2.24, 2.45) is 16.7 Å². The van der Waals surface area contributed by atoms with E-state index < -0.39 is 0 Å². The normalized spacial score (nSPS) is 32.1. The third-order valence-corrected chi connectivity index (χ3v) is 5.08. The Bertz CT molecular complexity index is 337. The van der Waals surface area contributed by atoms with Crippen molar-refractivity contribution in [1.82, 2.24) is 10.2 Å². The number of rotatable bonds is 1. The summed E-state index contributed by atoms with van der Waals surface area (Å²) in [4.78, 5) is 14.6. The van der Waals surface area contributed by atoms with Crippen LogP contribution in [0.4, 0.5) is 0 Å². The number of nitrogens with zero attached hydrogens (tertiary/aromatic N) is 1. The molecule has 1 aliphatic carbocycles. The van der Waals surface area contributed by atoms with E-state index in [-0.39, 0.29) is 12.4 Å². The first kappa shape index (κ1) is 14.1. The van der Waals surface area contributed by atoms with Gasteiger partial charge in [-0.15, -0.1) is 12.4 Å². The van der Waals surface area contributed by atoms with Crippen molar-refractivity contribution in [3.63, 3.8) is 0 Å². The third kappa shape index (κ3) is 2.39. The van der Waals surface area contributed by atoms with Crippen molar-refractivity contribution in [1.29, 1.82) is 0 Å². The Labute approximate surface area is 116 Å². The highest BCUT2D eigenvalue weighted by Crippen LogP contribution is 2.59. The second kappa shape index (κ2) is 4.68. The molecule has 1 atom stereocenters. The quantitative estimate of drug-likeness (QED) is 0.793. The maximum atomic E-state index is 12.5. The van der Waals surface area contributed by atoms with Gasteiger partial charge < -0.3 is 10.2 Å². The summed E-state index contributed by atoms with van der Waals surface area (Å²) in [5.74, 6) is 0.816. The van der Waals surface area contributed by atoms with Crippen molar-refractivity contribution in [3.05, 3.63) is 0 Å². The number of hydrogen-bond acceptors (Lipinski definition) is 2. The summed E-state index contributed by atoms with van der Waals surface area (Å²) in [5, 5.41) is 3.40. The zero-order valence-electron chi connectivity index (χ0n) is 11.5. The standard InChI is InChI=1S/C14H24N2O.ClH/c1-13(2)5-8-16(10-13)12(17)11-9-14(11)3-6-15-7-4-14;/h11,15H,3-10H2,1-2H3;1H. The summed E-state index contributed by atoms with van der Waals surface area (Å²) in [6, 6.07) is 0. The molecule has 3 fully saturated rings. The van der Waals surface area contributed by atoms with Crippen LogP contribution in [0.3, 0.4) is 0 Å². The molecule has 3 rings (SSSR count). The van der Waals surface area contributed by atoms with E-state index in [4.69, 9.17) is 0 Å². The number of likely N-dealkylation sites (tertiary alicyclic amines) is 1. The van der Waals surface area contributed by atoms with Crippen molar-refractivity contribution >= 4 is 18.3 Å². The van der Waals surface area contributed by atoms with Gasteiger partial charge in [-0.3, -0.25) is 4.79 Å². The molecule has 2 saturated heterocycles. The molecular formula is C14H25ClN2O. The molecule has 18 heavy (non-hydrogen) atoms. The van der Waals surface area contributed by atoms with E-state index in [2.05, 4.69) is 24.1 Å². The lowest BCUT2D eigenvalue weighted by Gasteiger charge is -2.25. The lowest BCUT2D eigenvalue weighted by Crippen LogP contribution is -2.36. The summed E-state index contributed by atoms with van der Waals surface area (Å²) in [6.07, 6.45) is 4.74. The molecule has 0 aromatic carbocycles. The van der Waals surface area contributed by atoms with Crippen LogP contribution in [0.25, 0.3) is 0 Å². The van der Waals surface area contributed by atoms with Crippen molar-refractivity contribution < 1.29 is 4.79 Å². The van der Waals surface area contributed by atoms with Gasteiger partial charge >= 0.3 is 0 Å². The van der Waals surface area contributed by atoms with E-state index >= 15 is 0 Å². The van der Waals surface area contributed by atoms with Crippen LogP contribution in [0, 0.1) is 16.7 Å². The van der Waals surface area contributed by atoms with E-state index in [1.54, 1.807) is 0 Å². The second-order valence-electron chi connectivity index (χ2n) is 7.04. The Kier molecular flexibility index (Phi) is 3.67. The number of halogens is 1. The summed E-state index contributed by atoms with van der Waals surface area (Å²) < 4.78 is 0. The van der Waals surface area contributed by atoms with Crippen molar-refractivity contribution in [3.8, 4) is 0 Å². The Morgan fingerprint density at radius 1 is 1.22 bits per heavy atom. The maximum Gasteiger partial charge on any atom is 0.226 e. The van der Waals surface area contributed by atoms with Gasteiger partial charge in [-0.25, -0.2) is 0 Å². The molecule has 0 bridgehead atoms. The lowest BCUT2D eigenvalue weighted by atomic mass is 9.91. The number of nitrogens with one attached hydrogen (secondary N) is 1. The highest BCUT2D eigenvalue weighted by molar-refractivity contribution is 5.85. The fourth-order valence-electron chi connectivity index (χ4n) is 3.70. The zero-order valence-corrected chi connectivity index (χ0v) is 12.3. The molecule has 1 saturated carbocycles. The largest absolute Gasteiger partial charge is 0.342 e. The van der Waals surface area contributed by atoms with Crippen LogP contribution in [0.15, 0.2) is 0 Å². The summed E-state index contributed by atoms with van der Waals surface area (Å²) in [5.41, 5.74) is 0.737. The van der Waals surface area contributed by atoms with Gasteiger partial charge in [-0.05, 0) is 49.6 Å². The Hall–Kier alpha value is -0.280. The molecule has 1 N–H and O–H groups in total. The van der Waals surface area contributed by atoms with E-state index in [0.717, 1.165) is 32.6 Å². The molecule has 2 heterocycles. The summed E-state index contributed by atoms with van der Waals surface area (Å²) >= 11 is 0. The molecular weight excluding hydrogens is 248 g/mol. The van der Waals surface area contributed by atoms with Crippen molar-refractivity contribution in [2.75, 3.05) is 26.2 Å². The van der Waals surface area contributed by atoms with Crippen LogP contribution >= 0.6 is 12.4 Å². The van der Waals surface area contributed by atoms with E-state index in [9.17, 15) is 4.79 Å². The molecule has 0 aromatic heterocycles. The average molecular weight is 273 g/mol. The number of piperidine rings is 1. The Morgan fingerprint density at radius 3 is 2.44 bits per heavy atom. The number of amides is 1. The van der Waals surface area contributed by atoms with Gasteiger partial charge in [0.1, 0.15) is 0 Å². The first-order valence-electron chi connectivity index (χ1n) is 7.02. The topological polar surface area (TPSA) is 32.3 Å². The number of carbonyl (C=O) groups is 1. The molecule has 3 nitrogen and oxygen atoms in total. The van der Waals surface area contributed by atoms with Gasteiger partial charge in [0.15, 0.2) is 0 Å². The molecule has 1 spiro atoms. The average Bonchev–Trinajstić information content (AvgIpc) is 2.84. The monoisotopic (exact) mass is 272 g/mol. The van der Waals surface area contributed by atoms with Crippen molar-refractivity contribution in [2.45, 2.75) is 39.5 Å². The van der Waals surface area contributed by atoms with Crippen LogP contribution in [-0.4, -0.2) is 37.0 Å². The lowest BCUT2D eigenvalue weighted by molar-refractivity contribution is -0.132. The van der Waals surface area contributed by atoms with Crippen LogP contribution < -0.4 is 5.32 Å². The first-order valence-corrected chi connectivity index (χ1v) is 7.02. The summed E-state index contributed by atoms with van der Waals surface area (Å²) in [7, 11) is 0. The van der Waals surface area contributed by atoms with Crippen LogP contribution in [0.5, 0.6) is 0 Å². The fourth-order valence-corrected chi connectivity index (χ4v) is 3.70. The molecule has 104 valence electrons. The van der Waals surface area contributed by atoms with Gasteiger partial charge in [0, 0.05) is 19.0 Å². The second-order valence-corrected chi connectivity index (χ2v) is 7.04. The number of hydrogen-bond donors (Lipinski definition) is 1. The minimum atomic E-state index is 0. The van der Waals surface area contributed by atoms with E-state index in [1.165, 1.54) is 19.3 Å². The maximum absolute atomic E-state index is 12.5. The summed E-state index contributed by atoms with van der Waals surface area (Å²) in [6.45, 7) is 8.71. The Balaban J connectivity index is 0.00000120. The fraction of sp³-hybridized carbons (Fsp3) is 0.929. The van der Waals surface area contributed by atoms with Gasteiger partial charge in [-0.1, -0.05) is 13.8 Å². The molecule has 1 amide bonds. The molecule has 2 aliphatic heterocycles. The van der Waals surface area contributed by atoms with Gasteiger partial charge in [0.05, 0.1) is 0 Å². The minimum absolute atomic E-state index is 0. The minimum Gasteiger partial charge on any atom is -0.342 e. The predicted molar refractivity (Wildman–Crippen MR) is 74.9 cm³/mol. The van der Waals surface area contributed by atoms with Crippen LogP contribution in [0.1, 0.15) is 39.5 Å². The Morgan fingerprint density at radius 2 is 1.89 bits per heavy atom. The SMILES string of the molecule is CC1(C)CCN(C(=O)C2CC23CCNCC3)C1.Cl. The molecule has 0 radical (unpaired) electrons. The highest BCUT2D eigenvalue weighted by Gasteiger charge is 2.59. The molecule has 3 aliphatic rings. The number of carbonyl (C=O) groups excluding carboxylic acids is 1. The highest BCUT2D eigenvalue weighted by atomic mass is 35.5. The third-order valence-electron chi connectivity index (χ3n) is 5.08. The van der Waals surface area contributed by atoms with Gasteiger partial charge in [-0.2, -0.15) is 0 Å². The van der Waals surface area contributed by atoms with Gasteiger partial charge in [0.2, 0.25) is 5.91 Å². The zero-order chi connectivity index (χ0) is 12.1. The molecule has 4 heteroatoms. The molecule has 1 unspecified atom stereocenters. The van der Waals surface area contributed by atoms with Gasteiger partial charge in [0.25, 0.3) is 0 Å². The van der Waals surface area contributed by atoms with Crippen LogP contribution in [0.2, 0.25) is 0 Å². The first-order chi connectivity index (χ1) is 8.03. The predicted octanol–water partition coefficient (Wildman–Crippen LogP) is 2.06. The van der Waals surface area contributed by atoms with Crippen LogP contribution in [-0.2, 0) is 4.79 Å². The van der Waals surface area contributed by atoms with E-state index in [0.29, 0.717) is 22.7 Å². The smallest absolute Gasteiger partial charge is 0.226 e. The molecule has 0 aromatic rings. The van der Waals surface area contributed by atoms with E-state index in [1.807, 2.05) is 0 Å².